The number of carbonyl (C=O) groups is 1. The van der Waals surface area contributed by atoms with Crippen LogP contribution >= 0.6 is 0 Å². The van der Waals surface area contributed by atoms with Crippen LogP contribution in [0.5, 0.6) is 0 Å². The Morgan fingerprint density at radius 3 is 2.77 bits per heavy atom. The van der Waals surface area contributed by atoms with E-state index in [2.05, 4.69) is 27.2 Å². The average Bonchev–Trinajstić information content (AvgIpc) is 3.51. The van der Waals surface area contributed by atoms with Gasteiger partial charge in [-0.1, -0.05) is 30.3 Å². The second-order valence-corrected chi connectivity index (χ2v) is 8.35. The molecule has 4 aromatic rings. The van der Waals surface area contributed by atoms with Gasteiger partial charge in [0.1, 0.15) is 11.3 Å². The van der Waals surface area contributed by atoms with Gasteiger partial charge in [0.15, 0.2) is 11.5 Å². The topological polar surface area (TPSA) is 81.7 Å². The predicted molar refractivity (Wildman–Crippen MR) is 115 cm³/mol. The summed E-state index contributed by atoms with van der Waals surface area (Å²) in [4.78, 5) is 28.8. The fourth-order valence-electron chi connectivity index (χ4n) is 4.18. The van der Waals surface area contributed by atoms with Crippen LogP contribution < -0.4 is 0 Å². The molecule has 1 aliphatic carbocycles. The summed E-state index contributed by atoms with van der Waals surface area (Å²) in [6, 6.07) is 12.1. The first-order valence-electron chi connectivity index (χ1n) is 10.8. The third kappa shape index (κ3) is 3.48. The molecule has 0 bridgehead atoms. The molecule has 0 saturated heterocycles. The molecule has 1 aliphatic heterocycles. The first-order valence-corrected chi connectivity index (χ1v) is 10.8. The number of nitrogens with zero attached hydrogens (tertiary/aromatic N) is 7. The van der Waals surface area contributed by atoms with E-state index in [0.717, 1.165) is 29.2 Å². The summed E-state index contributed by atoms with van der Waals surface area (Å²) in [6.45, 7) is 2.65. The summed E-state index contributed by atoms with van der Waals surface area (Å²) in [5.41, 5.74) is 3.28. The van der Waals surface area contributed by atoms with Crippen LogP contribution in [0.1, 0.15) is 46.3 Å². The molecule has 1 amide bonds. The molecule has 4 heterocycles. The number of rotatable bonds is 4. The van der Waals surface area contributed by atoms with Crippen molar-refractivity contribution in [2.75, 3.05) is 13.1 Å². The van der Waals surface area contributed by atoms with E-state index in [4.69, 9.17) is 4.98 Å². The van der Waals surface area contributed by atoms with Gasteiger partial charge in [-0.25, -0.2) is 19.6 Å². The van der Waals surface area contributed by atoms with Gasteiger partial charge < -0.3 is 9.47 Å². The zero-order chi connectivity index (χ0) is 20.8. The third-order valence-corrected chi connectivity index (χ3v) is 6.08. The minimum Gasteiger partial charge on any atom is -0.336 e. The Bertz CT molecular complexity index is 1230. The summed E-state index contributed by atoms with van der Waals surface area (Å²) in [6.07, 6.45) is 6.58. The van der Waals surface area contributed by atoms with Crippen LogP contribution in [0.3, 0.4) is 0 Å². The zero-order valence-corrected chi connectivity index (χ0v) is 17.2. The van der Waals surface area contributed by atoms with Crippen molar-refractivity contribution in [1.29, 1.82) is 0 Å². The Labute approximate surface area is 179 Å². The second-order valence-electron chi connectivity index (χ2n) is 8.35. The van der Waals surface area contributed by atoms with Gasteiger partial charge in [0.2, 0.25) is 0 Å². The van der Waals surface area contributed by atoms with Crippen LogP contribution in [0, 0.1) is 0 Å². The van der Waals surface area contributed by atoms with Crippen LogP contribution in [0.15, 0.2) is 48.9 Å². The lowest BCUT2D eigenvalue weighted by atomic mass is 10.2. The van der Waals surface area contributed by atoms with Gasteiger partial charge in [-0.15, -0.1) is 0 Å². The molecule has 2 aliphatic rings. The number of hydrogen-bond acceptors (Lipinski definition) is 5. The number of pyridine rings is 1. The Morgan fingerprint density at radius 2 is 1.94 bits per heavy atom. The maximum atomic E-state index is 13.2. The van der Waals surface area contributed by atoms with Crippen molar-refractivity contribution < 1.29 is 4.79 Å². The molecule has 156 valence electrons. The van der Waals surface area contributed by atoms with Crippen LogP contribution in [0.2, 0.25) is 0 Å². The summed E-state index contributed by atoms with van der Waals surface area (Å²) >= 11 is 0. The van der Waals surface area contributed by atoms with Crippen LogP contribution in [-0.4, -0.2) is 53.2 Å². The molecular formula is C23H23N7O. The number of carbonyl (C=O) groups excluding carboxylic acids is 1. The van der Waals surface area contributed by atoms with Crippen molar-refractivity contribution in [2.24, 2.45) is 0 Å². The highest BCUT2D eigenvalue weighted by Crippen LogP contribution is 2.38. The number of aromatic nitrogens is 6. The summed E-state index contributed by atoms with van der Waals surface area (Å²) in [7, 11) is 0. The number of amides is 1. The van der Waals surface area contributed by atoms with Crippen molar-refractivity contribution in [3.8, 4) is 0 Å². The smallest absolute Gasteiger partial charge is 0.255 e. The molecule has 6 rings (SSSR count). The predicted octanol–water partition coefficient (Wildman–Crippen LogP) is 2.65. The largest absolute Gasteiger partial charge is 0.336 e. The minimum atomic E-state index is -0.0137. The van der Waals surface area contributed by atoms with E-state index in [9.17, 15) is 4.79 Å². The second kappa shape index (κ2) is 7.30. The van der Waals surface area contributed by atoms with Crippen LogP contribution in [-0.2, 0) is 19.5 Å². The molecule has 1 fully saturated rings. The molecule has 1 saturated carbocycles. The molecule has 8 heteroatoms. The van der Waals surface area contributed by atoms with Gasteiger partial charge in [-0.3, -0.25) is 4.79 Å². The normalized spacial score (nSPS) is 16.3. The number of benzene rings is 1. The standard InChI is InChI=1S/C23H23N7O/c31-23(28-9-8-20-26-21(17-6-7-17)27-30(20)11-10-28)18-12-19-22(24-13-18)29(15-25-19)14-16-4-2-1-3-5-16/h1-5,12-13,15,17H,6-11,14H2. The monoisotopic (exact) mass is 413 g/mol. The van der Waals surface area contributed by atoms with Gasteiger partial charge in [0.05, 0.1) is 25.0 Å². The van der Waals surface area contributed by atoms with Crippen molar-refractivity contribution in [2.45, 2.75) is 38.3 Å². The van der Waals surface area contributed by atoms with Crippen molar-refractivity contribution in [3.63, 3.8) is 0 Å². The van der Waals surface area contributed by atoms with E-state index in [-0.39, 0.29) is 5.91 Å². The molecule has 1 aromatic carbocycles. The van der Waals surface area contributed by atoms with Crippen molar-refractivity contribution >= 4 is 17.1 Å². The first kappa shape index (κ1) is 18.2. The van der Waals surface area contributed by atoms with E-state index in [0.29, 0.717) is 37.7 Å². The molecule has 8 nitrogen and oxygen atoms in total. The zero-order valence-electron chi connectivity index (χ0n) is 17.2. The van der Waals surface area contributed by atoms with E-state index < -0.39 is 0 Å². The van der Waals surface area contributed by atoms with E-state index >= 15 is 0 Å². The molecular weight excluding hydrogens is 390 g/mol. The van der Waals surface area contributed by atoms with E-state index in [1.54, 1.807) is 12.5 Å². The minimum absolute atomic E-state index is 0.0137. The molecule has 31 heavy (non-hydrogen) atoms. The lowest BCUT2D eigenvalue weighted by molar-refractivity contribution is 0.0758. The average molecular weight is 413 g/mol. The van der Waals surface area contributed by atoms with Crippen molar-refractivity contribution in [3.05, 3.63) is 71.7 Å². The van der Waals surface area contributed by atoms with Crippen LogP contribution in [0.4, 0.5) is 0 Å². The summed E-state index contributed by atoms with van der Waals surface area (Å²) in [5.74, 6) is 2.51. The Kier molecular flexibility index (Phi) is 4.29. The first-order chi connectivity index (χ1) is 15.2. The van der Waals surface area contributed by atoms with Gasteiger partial charge in [0.25, 0.3) is 5.91 Å². The molecule has 0 atom stereocenters. The number of hydrogen-bond donors (Lipinski definition) is 0. The Hall–Kier alpha value is -3.55. The fraction of sp³-hybridized carbons (Fsp3) is 0.348. The quantitative estimate of drug-likeness (QED) is 0.514. The molecule has 3 aromatic heterocycles. The Morgan fingerprint density at radius 1 is 1.06 bits per heavy atom. The number of fused-ring (bicyclic) bond motifs is 2. The Balaban J connectivity index is 1.19. The van der Waals surface area contributed by atoms with Gasteiger partial charge in [-0.2, -0.15) is 5.10 Å². The van der Waals surface area contributed by atoms with Gasteiger partial charge in [-0.05, 0) is 24.5 Å². The van der Waals surface area contributed by atoms with Crippen molar-refractivity contribution in [1.82, 2.24) is 34.2 Å². The highest BCUT2D eigenvalue weighted by Gasteiger charge is 2.30. The van der Waals surface area contributed by atoms with Crippen LogP contribution in [0.25, 0.3) is 11.2 Å². The van der Waals surface area contributed by atoms with Gasteiger partial charge in [0, 0.05) is 31.6 Å². The van der Waals surface area contributed by atoms with E-state index in [1.165, 1.54) is 18.4 Å². The molecule has 0 spiro atoms. The summed E-state index contributed by atoms with van der Waals surface area (Å²) < 4.78 is 3.99. The molecule has 0 unspecified atom stereocenters. The van der Waals surface area contributed by atoms with E-state index in [1.807, 2.05) is 38.4 Å². The summed E-state index contributed by atoms with van der Waals surface area (Å²) in [5, 5.41) is 4.66. The molecule has 0 N–H and O–H groups in total. The molecule has 0 radical (unpaired) electrons. The highest BCUT2D eigenvalue weighted by atomic mass is 16.2. The maximum absolute atomic E-state index is 13.2. The number of imidazole rings is 1. The highest BCUT2D eigenvalue weighted by molar-refractivity contribution is 5.96. The van der Waals surface area contributed by atoms with Gasteiger partial charge >= 0.3 is 0 Å². The fourth-order valence-corrected chi connectivity index (χ4v) is 4.18. The maximum Gasteiger partial charge on any atom is 0.255 e. The lowest BCUT2D eigenvalue weighted by Crippen LogP contribution is -2.33. The SMILES string of the molecule is O=C(c1cnc2c(c1)ncn2Cc1ccccc1)N1CCc2nc(C3CC3)nn2CC1. The third-order valence-electron chi connectivity index (χ3n) is 6.08. The lowest BCUT2D eigenvalue weighted by Gasteiger charge is -2.19.